The van der Waals surface area contributed by atoms with Gasteiger partial charge in [-0.2, -0.15) is 5.10 Å². The number of para-hydroxylation sites is 1. The summed E-state index contributed by atoms with van der Waals surface area (Å²) in [6.07, 6.45) is 3.89. The molecule has 3 heteroatoms. The number of anilines is 1. The van der Waals surface area contributed by atoms with Crippen molar-refractivity contribution in [1.82, 2.24) is 4.57 Å². The van der Waals surface area contributed by atoms with Crippen molar-refractivity contribution in [1.29, 1.82) is 0 Å². The zero-order valence-electron chi connectivity index (χ0n) is 13.1. The average molecular weight is 311 g/mol. The summed E-state index contributed by atoms with van der Waals surface area (Å²) in [6, 6.07) is 28.8. The summed E-state index contributed by atoms with van der Waals surface area (Å²) < 4.78 is 2.13. The van der Waals surface area contributed by atoms with Crippen LogP contribution in [0.1, 0.15) is 5.69 Å². The van der Waals surface area contributed by atoms with Crippen LogP contribution in [0.25, 0.3) is 16.5 Å². The van der Waals surface area contributed by atoms with Crippen molar-refractivity contribution in [3.63, 3.8) is 0 Å². The van der Waals surface area contributed by atoms with Crippen molar-refractivity contribution in [2.45, 2.75) is 0 Å². The minimum Gasteiger partial charge on any atom is -0.316 e. The van der Waals surface area contributed by atoms with Crippen molar-refractivity contribution >= 4 is 22.7 Å². The molecule has 3 nitrogen and oxygen atoms in total. The van der Waals surface area contributed by atoms with Crippen molar-refractivity contribution < 1.29 is 0 Å². The van der Waals surface area contributed by atoms with Gasteiger partial charge in [-0.3, -0.25) is 5.43 Å². The van der Waals surface area contributed by atoms with Gasteiger partial charge in [-0.15, -0.1) is 0 Å². The van der Waals surface area contributed by atoms with Gasteiger partial charge >= 0.3 is 0 Å². The Balaban J connectivity index is 1.61. The molecular formula is C21H17N3. The molecule has 0 aliphatic carbocycles. The molecule has 1 aromatic heterocycles. The molecule has 0 amide bonds. The summed E-state index contributed by atoms with van der Waals surface area (Å²) in [5.74, 6) is 0. The number of nitrogens with one attached hydrogen (secondary N) is 1. The predicted octanol–water partition coefficient (Wildman–Crippen LogP) is 5.08. The van der Waals surface area contributed by atoms with E-state index in [-0.39, 0.29) is 0 Å². The van der Waals surface area contributed by atoms with Crippen molar-refractivity contribution in [3.05, 3.63) is 96.8 Å². The molecule has 1 N–H and O–H groups in total. The van der Waals surface area contributed by atoms with E-state index in [1.165, 1.54) is 10.8 Å². The fraction of sp³-hybridized carbons (Fsp3) is 0. The largest absolute Gasteiger partial charge is 0.316 e. The smallest absolute Gasteiger partial charge is 0.0712 e. The third-order valence-electron chi connectivity index (χ3n) is 3.96. The number of hydrogen-bond acceptors (Lipinski definition) is 2. The molecule has 0 unspecified atom stereocenters. The highest BCUT2D eigenvalue weighted by atomic mass is 15.3. The first-order valence-electron chi connectivity index (χ1n) is 7.91. The third kappa shape index (κ3) is 2.92. The first-order valence-corrected chi connectivity index (χ1v) is 7.91. The summed E-state index contributed by atoms with van der Waals surface area (Å²) in [5.41, 5.74) is 6.16. The molecule has 3 aromatic carbocycles. The maximum absolute atomic E-state index is 4.34. The van der Waals surface area contributed by atoms with Gasteiger partial charge in [0, 0.05) is 11.9 Å². The monoisotopic (exact) mass is 311 g/mol. The highest BCUT2D eigenvalue weighted by Gasteiger charge is 2.02. The molecule has 0 atom stereocenters. The topological polar surface area (TPSA) is 29.3 Å². The minimum atomic E-state index is 0.970. The normalized spacial score (nSPS) is 11.2. The number of aromatic nitrogens is 1. The number of rotatable bonds is 4. The summed E-state index contributed by atoms with van der Waals surface area (Å²) in [7, 11) is 0. The van der Waals surface area contributed by atoms with E-state index in [0.29, 0.717) is 0 Å². The molecule has 0 aliphatic rings. The lowest BCUT2D eigenvalue weighted by atomic mass is 10.1. The lowest BCUT2D eigenvalue weighted by Gasteiger charge is -2.08. The maximum Gasteiger partial charge on any atom is 0.0712 e. The maximum atomic E-state index is 4.34. The molecule has 1 heterocycles. The van der Waals surface area contributed by atoms with Gasteiger partial charge in [-0.25, -0.2) is 0 Å². The van der Waals surface area contributed by atoms with Gasteiger partial charge in [0.1, 0.15) is 0 Å². The molecule has 116 valence electrons. The fourth-order valence-corrected chi connectivity index (χ4v) is 2.75. The molecule has 0 saturated heterocycles. The molecule has 0 bridgehead atoms. The molecule has 0 radical (unpaired) electrons. The number of nitrogens with zero attached hydrogens (tertiary/aromatic N) is 2. The highest BCUT2D eigenvalue weighted by Crippen LogP contribution is 2.19. The van der Waals surface area contributed by atoms with E-state index < -0.39 is 0 Å². The molecule has 0 fully saturated rings. The molecule has 0 aliphatic heterocycles. The lowest BCUT2D eigenvalue weighted by molar-refractivity contribution is 1.07. The number of hydrazone groups is 1. The first kappa shape index (κ1) is 14.3. The van der Waals surface area contributed by atoms with Gasteiger partial charge in [0.25, 0.3) is 0 Å². The van der Waals surface area contributed by atoms with Crippen molar-refractivity contribution in [2.75, 3.05) is 5.43 Å². The third-order valence-corrected chi connectivity index (χ3v) is 3.96. The number of benzene rings is 3. The van der Waals surface area contributed by atoms with Crippen LogP contribution in [0.2, 0.25) is 0 Å². The van der Waals surface area contributed by atoms with E-state index in [1.54, 1.807) is 0 Å². The Labute approximate surface area is 140 Å². The van der Waals surface area contributed by atoms with Crippen LogP contribution in [-0.2, 0) is 0 Å². The second-order valence-electron chi connectivity index (χ2n) is 5.57. The second-order valence-corrected chi connectivity index (χ2v) is 5.57. The molecular weight excluding hydrogens is 294 g/mol. The van der Waals surface area contributed by atoms with Crippen molar-refractivity contribution in [2.24, 2.45) is 5.10 Å². The Morgan fingerprint density at radius 1 is 0.750 bits per heavy atom. The predicted molar refractivity (Wildman–Crippen MR) is 101 cm³/mol. The fourth-order valence-electron chi connectivity index (χ4n) is 2.75. The Morgan fingerprint density at radius 2 is 1.54 bits per heavy atom. The van der Waals surface area contributed by atoms with Crippen LogP contribution in [-0.4, -0.2) is 10.8 Å². The van der Waals surface area contributed by atoms with Gasteiger partial charge < -0.3 is 4.57 Å². The Morgan fingerprint density at radius 3 is 2.42 bits per heavy atom. The number of fused-ring (bicyclic) bond motifs is 1. The SMILES string of the molecule is C(=N\Nc1ccccc1)/c1cccn1-c1ccc2ccccc2c1. The van der Waals surface area contributed by atoms with Gasteiger partial charge in [-0.1, -0.05) is 48.5 Å². The summed E-state index contributed by atoms with van der Waals surface area (Å²) in [4.78, 5) is 0. The van der Waals surface area contributed by atoms with Crippen LogP contribution in [0.3, 0.4) is 0 Å². The van der Waals surface area contributed by atoms with E-state index in [0.717, 1.165) is 17.1 Å². The lowest BCUT2D eigenvalue weighted by Crippen LogP contribution is -1.99. The zero-order chi connectivity index (χ0) is 16.2. The summed E-state index contributed by atoms with van der Waals surface area (Å²) in [5, 5.41) is 6.81. The quantitative estimate of drug-likeness (QED) is 0.413. The molecule has 0 saturated carbocycles. The van der Waals surface area contributed by atoms with E-state index in [9.17, 15) is 0 Å². The van der Waals surface area contributed by atoms with E-state index >= 15 is 0 Å². The Bertz CT molecular complexity index is 984. The number of hydrogen-bond donors (Lipinski definition) is 1. The standard InChI is InChI=1S/C21H17N3/c1-2-9-19(10-3-1)23-22-16-21-11-6-14-24(21)20-13-12-17-7-4-5-8-18(17)15-20/h1-16,23H/b22-16+. The van der Waals surface area contributed by atoms with Crippen LogP contribution in [0, 0.1) is 0 Å². The Hall–Kier alpha value is -3.33. The van der Waals surface area contributed by atoms with Crippen LogP contribution in [0.15, 0.2) is 96.2 Å². The van der Waals surface area contributed by atoms with Crippen LogP contribution in [0.4, 0.5) is 5.69 Å². The van der Waals surface area contributed by atoms with E-state index in [1.807, 2.05) is 54.9 Å². The van der Waals surface area contributed by atoms with Crippen LogP contribution in [0.5, 0.6) is 0 Å². The summed E-state index contributed by atoms with van der Waals surface area (Å²) in [6.45, 7) is 0. The van der Waals surface area contributed by atoms with Gasteiger partial charge in [-0.05, 0) is 47.2 Å². The van der Waals surface area contributed by atoms with Gasteiger partial charge in [0.15, 0.2) is 0 Å². The second kappa shape index (κ2) is 6.42. The molecule has 4 aromatic rings. The van der Waals surface area contributed by atoms with Gasteiger partial charge in [0.05, 0.1) is 17.6 Å². The van der Waals surface area contributed by atoms with Crippen LogP contribution < -0.4 is 5.43 Å². The first-order chi connectivity index (χ1) is 11.9. The van der Waals surface area contributed by atoms with Crippen molar-refractivity contribution in [3.8, 4) is 5.69 Å². The van der Waals surface area contributed by atoms with Gasteiger partial charge in [0.2, 0.25) is 0 Å². The molecule has 4 rings (SSSR count). The molecule has 24 heavy (non-hydrogen) atoms. The Kier molecular flexibility index (Phi) is 3.82. The van der Waals surface area contributed by atoms with Crippen LogP contribution >= 0.6 is 0 Å². The highest BCUT2D eigenvalue weighted by molar-refractivity contribution is 5.85. The minimum absolute atomic E-state index is 0.970. The van der Waals surface area contributed by atoms with E-state index in [4.69, 9.17) is 0 Å². The molecule has 0 spiro atoms. The van der Waals surface area contributed by atoms with E-state index in [2.05, 4.69) is 57.6 Å². The summed E-state index contributed by atoms with van der Waals surface area (Å²) >= 11 is 0. The zero-order valence-corrected chi connectivity index (χ0v) is 13.1. The average Bonchev–Trinajstić information content (AvgIpc) is 3.11.